The zero-order valence-corrected chi connectivity index (χ0v) is 11.7. The number of rotatable bonds is 4. The number of benzene rings is 1. The van der Waals surface area contributed by atoms with Gasteiger partial charge in [0.25, 0.3) is 0 Å². The summed E-state index contributed by atoms with van der Waals surface area (Å²) in [5, 5.41) is 0. The van der Waals surface area contributed by atoms with Gasteiger partial charge in [-0.05, 0) is 48.9 Å². The number of nitrogens with two attached hydrogens (primary N) is 1. The van der Waals surface area contributed by atoms with E-state index in [1.54, 1.807) is 25.1 Å². The Balaban J connectivity index is 2.15. The third-order valence-corrected chi connectivity index (χ3v) is 5.30. The van der Waals surface area contributed by atoms with Crippen LogP contribution in [0.5, 0.6) is 0 Å². The van der Waals surface area contributed by atoms with Crippen LogP contribution in [-0.2, 0) is 10.0 Å². The summed E-state index contributed by atoms with van der Waals surface area (Å²) in [6, 6.07) is 4.86. The fourth-order valence-corrected chi connectivity index (χ4v) is 3.70. The first-order chi connectivity index (χ1) is 8.32. The van der Waals surface area contributed by atoms with Crippen LogP contribution >= 0.6 is 0 Å². The van der Waals surface area contributed by atoms with Gasteiger partial charge in [0, 0.05) is 12.2 Å². The highest BCUT2D eigenvalue weighted by Crippen LogP contribution is 2.39. The van der Waals surface area contributed by atoms with Crippen molar-refractivity contribution in [1.82, 2.24) is 4.72 Å². The first-order valence-electron chi connectivity index (χ1n) is 6.18. The van der Waals surface area contributed by atoms with Gasteiger partial charge in [-0.1, -0.05) is 13.3 Å². The van der Waals surface area contributed by atoms with Crippen LogP contribution in [0.2, 0.25) is 0 Å². The summed E-state index contributed by atoms with van der Waals surface area (Å²) in [7, 11) is -3.42. The van der Waals surface area contributed by atoms with E-state index in [0.717, 1.165) is 12.8 Å². The van der Waals surface area contributed by atoms with E-state index in [0.29, 0.717) is 22.7 Å². The Hall–Kier alpha value is -1.07. The quantitative estimate of drug-likeness (QED) is 0.821. The molecular weight excluding hydrogens is 248 g/mol. The summed E-state index contributed by atoms with van der Waals surface area (Å²) in [5.41, 5.74) is 7.03. The molecule has 1 aliphatic rings. The highest BCUT2D eigenvalue weighted by molar-refractivity contribution is 7.89. The second kappa shape index (κ2) is 4.55. The lowest BCUT2D eigenvalue weighted by Crippen LogP contribution is -2.40. The highest BCUT2D eigenvalue weighted by Gasteiger charge is 2.33. The summed E-state index contributed by atoms with van der Waals surface area (Å²) in [4.78, 5) is 0.319. The predicted octanol–water partition coefficient (Wildman–Crippen LogP) is 2.05. The molecule has 0 unspecified atom stereocenters. The van der Waals surface area contributed by atoms with Gasteiger partial charge in [0.1, 0.15) is 0 Å². The van der Waals surface area contributed by atoms with Gasteiger partial charge in [-0.2, -0.15) is 0 Å². The van der Waals surface area contributed by atoms with Crippen molar-refractivity contribution >= 4 is 15.7 Å². The lowest BCUT2D eigenvalue weighted by Gasteiger charge is -2.38. The molecule has 0 bridgehead atoms. The Morgan fingerprint density at radius 1 is 1.39 bits per heavy atom. The molecule has 18 heavy (non-hydrogen) atoms. The molecule has 100 valence electrons. The molecule has 3 N–H and O–H groups in total. The zero-order valence-electron chi connectivity index (χ0n) is 10.9. The largest absolute Gasteiger partial charge is 0.399 e. The average Bonchev–Trinajstić information content (AvgIpc) is 2.23. The van der Waals surface area contributed by atoms with Gasteiger partial charge in [-0.3, -0.25) is 0 Å². The fourth-order valence-electron chi connectivity index (χ4n) is 2.28. The van der Waals surface area contributed by atoms with Crippen LogP contribution in [0.1, 0.15) is 31.7 Å². The molecule has 1 aromatic rings. The minimum absolute atomic E-state index is 0.134. The average molecular weight is 268 g/mol. The first-order valence-corrected chi connectivity index (χ1v) is 7.67. The number of aryl methyl sites for hydroxylation is 1. The molecule has 0 spiro atoms. The normalized spacial score (nSPS) is 18.3. The van der Waals surface area contributed by atoms with E-state index in [1.807, 2.05) is 0 Å². The SMILES string of the molecule is Cc1cc(N)ccc1S(=O)(=O)NCC1(C)CCC1. The third-order valence-electron chi connectivity index (χ3n) is 3.74. The Labute approximate surface area is 109 Å². The van der Waals surface area contributed by atoms with Crippen molar-refractivity contribution in [1.29, 1.82) is 0 Å². The summed E-state index contributed by atoms with van der Waals surface area (Å²) >= 11 is 0. The fraction of sp³-hybridized carbons (Fsp3) is 0.538. The van der Waals surface area contributed by atoms with E-state index in [4.69, 9.17) is 5.73 Å². The van der Waals surface area contributed by atoms with Crippen LogP contribution < -0.4 is 10.5 Å². The Bertz CT molecular complexity index is 548. The molecule has 1 saturated carbocycles. The molecule has 0 atom stereocenters. The topological polar surface area (TPSA) is 72.2 Å². The molecule has 4 nitrogen and oxygen atoms in total. The van der Waals surface area contributed by atoms with Crippen molar-refractivity contribution in [3.63, 3.8) is 0 Å². The van der Waals surface area contributed by atoms with Crippen molar-refractivity contribution in [2.75, 3.05) is 12.3 Å². The highest BCUT2D eigenvalue weighted by atomic mass is 32.2. The van der Waals surface area contributed by atoms with Crippen molar-refractivity contribution in [3.8, 4) is 0 Å². The van der Waals surface area contributed by atoms with E-state index in [-0.39, 0.29) is 5.41 Å². The molecule has 0 aromatic heterocycles. The first kappa shape index (κ1) is 13.4. The van der Waals surface area contributed by atoms with Gasteiger partial charge in [0.15, 0.2) is 0 Å². The molecule has 5 heteroatoms. The molecule has 0 aliphatic heterocycles. The number of sulfonamides is 1. The molecule has 1 aliphatic carbocycles. The lowest BCUT2D eigenvalue weighted by atomic mass is 9.71. The van der Waals surface area contributed by atoms with Gasteiger partial charge < -0.3 is 5.73 Å². The number of anilines is 1. The van der Waals surface area contributed by atoms with Crippen LogP contribution in [0, 0.1) is 12.3 Å². The van der Waals surface area contributed by atoms with Crippen LogP contribution in [0.3, 0.4) is 0 Å². The maximum Gasteiger partial charge on any atom is 0.240 e. The number of hydrogen-bond acceptors (Lipinski definition) is 3. The summed E-state index contributed by atoms with van der Waals surface area (Å²) < 4.78 is 27.1. The predicted molar refractivity (Wildman–Crippen MR) is 72.7 cm³/mol. The molecule has 0 radical (unpaired) electrons. The maximum absolute atomic E-state index is 12.2. The summed E-state index contributed by atoms with van der Waals surface area (Å²) in [5.74, 6) is 0. The van der Waals surface area contributed by atoms with Crippen LogP contribution in [-0.4, -0.2) is 15.0 Å². The Kier molecular flexibility index (Phi) is 3.38. The smallest absolute Gasteiger partial charge is 0.240 e. The van der Waals surface area contributed by atoms with Crippen molar-refractivity contribution in [3.05, 3.63) is 23.8 Å². The van der Waals surface area contributed by atoms with Gasteiger partial charge >= 0.3 is 0 Å². The zero-order chi connectivity index (χ0) is 13.4. The summed E-state index contributed by atoms with van der Waals surface area (Å²) in [6.45, 7) is 4.39. The molecule has 1 fully saturated rings. The van der Waals surface area contributed by atoms with E-state index in [9.17, 15) is 8.42 Å². The van der Waals surface area contributed by atoms with E-state index in [2.05, 4.69) is 11.6 Å². The lowest BCUT2D eigenvalue weighted by molar-refractivity contribution is 0.166. The Morgan fingerprint density at radius 2 is 2.06 bits per heavy atom. The molecule has 0 heterocycles. The van der Waals surface area contributed by atoms with Crippen molar-refractivity contribution in [2.24, 2.45) is 5.41 Å². The van der Waals surface area contributed by atoms with Gasteiger partial charge in [-0.15, -0.1) is 0 Å². The molecule has 2 rings (SSSR count). The second-order valence-corrected chi connectivity index (χ2v) is 7.25. The maximum atomic E-state index is 12.2. The van der Waals surface area contributed by atoms with Gasteiger partial charge in [-0.25, -0.2) is 13.1 Å². The van der Waals surface area contributed by atoms with Crippen molar-refractivity contribution in [2.45, 2.75) is 38.0 Å². The minimum Gasteiger partial charge on any atom is -0.399 e. The summed E-state index contributed by atoms with van der Waals surface area (Å²) in [6.07, 6.45) is 3.38. The van der Waals surface area contributed by atoms with Crippen molar-refractivity contribution < 1.29 is 8.42 Å². The number of nitrogens with one attached hydrogen (secondary N) is 1. The third kappa shape index (κ3) is 2.67. The monoisotopic (exact) mass is 268 g/mol. The molecule has 0 amide bonds. The van der Waals surface area contributed by atoms with Gasteiger partial charge in [0.05, 0.1) is 4.90 Å². The van der Waals surface area contributed by atoms with E-state index < -0.39 is 10.0 Å². The number of hydrogen-bond donors (Lipinski definition) is 2. The minimum atomic E-state index is -3.42. The van der Waals surface area contributed by atoms with Gasteiger partial charge in [0.2, 0.25) is 10.0 Å². The molecule has 1 aromatic carbocycles. The van der Waals surface area contributed by atoms with Crippen LogP contribution in [0.4, 0.5) is 5.69 Å². The standard InChI is InChI=1S/C13H20N2O2S/c1-10-8-11(14)4-5-12(10)18(16,17)15-9-13(2)6-3-7-13/h4-5,8,15H,3,6-7,9,14H2,1-2H3. The Morgan fingerprint density at radius 3 is 2.56 bits per heavy atom. The van der Waals surface area contributed by atoms with Crippen LogP contribution in [0.25, 0.3) is 0 Å². The van der Waals surface area contributed by atoms with E-state index in [1.165, 1.54) is 6.42 Å². The van der Waals surface area contributed by atoms with E-state index >= 15 is 0 Å². The number of nitrogen functional groups attached to an aromatic ring is 1. The van der Waals surface area contributed by atoms with Crippen LogP contribution in [0.15, 0.2) is 23.1 Å². The molecule has 0 saturated heterocycles. The second-order valence-electron chi connectivity index (χ2n) is 5.51. The molecular formula is C13H20N2O2S.